The van der Waals surface area contributed by atoms with Gasteiger partial charge in [0.05, 0.1) is 17.4 Å². The first-order valence-corrected chi connectivity index (χ1v) is 14.4. The van der Waals surface area contributed by atoms with Crippen LogP contribution in [0.1, 0.15) is 74.1 Å². The molecular formula is C31H51N3O5. The average Bonchev–Trinajstić information content (AvgIpc) is 3.32. The van der Waals surface area contributed by atoms with E-state index in [9.17, 15) is 19.5 Å². The Morgan fingerprint density at radius 1 is 1.13 bits per heavy atom. The summed E-state index contributed by atoms with van der Waals surface area (Å²) < 4.78 is 6.87. The number of rotatable bonds is 12. The molecule has 3 amide bonds. The number of carbonyl (C=O) groups is 3. The number of likely N-dealkylation sites (tertiary alicyclic amines) is 1. The third-order valence-electron chi connectivity index (χ3n) is 9.17. The van der Waals surface area contributed by atoms with Crippen molar-refractivity contribution in [1.29, 1.82) is 0 Å². The number of hydrogen-bond acceptors (Lipinski definition) is 5. The second-order valence-corrected chi connectivity index (χ2v) is 14.0. The molecule has 3 rings (SSSR count). The molecule has 220 valence electrons. The molecule has 3 fully saturated rings. The number of aliphatic hydroxyl groups excluding tert-OH is 1. The largest absolute Gasteiger partial charge is 0.396 e. The van der Waals surface area contributed by atoms with E-state index in [1.165, 1.54) is 0 Å². The van der Waals surface area contributed by atoms with Crippen LogP contribution in [-0.2, 0) is 19.1 Å². The highest BCUT2D eigenvalue weighted by Gasteiger charge is 2.80. The van der Waals surface area contributed by atoms with Gasteiger partial charge in [-0.2, -0.15) is 0 Å². The van der Waals surface area contributed by atoms with Gasteiger partial charge < -0.3 is 24.5 Å². The van der Waals surface area contributed by atoms with Crippen LogP contribution >= 0.6 is 0 Å². The Bertz CT molecular complexity index is 987. The van der Waals surface area contributed by atoms with E-state index in [0.29, 0.717) is 38.9 Å². The summed E-state index contributed by atoms with van der Waals surface area (Å²) >= 11 is 0. The summed E-state index contributed by atoms with van der Waals surface area (Å²) in [7, 11) is 1.72. The van der Waals surface area contributed by atoms with Crippen LogP contribution in [0, 0.1) is 23.2 Å². The zero-order valence-corrected chi connectivity index (χ0v) is 25.5. The zero-order valence-electron chi connectivity index (χ0n) is 25.5. The zero-order chi connectivity index (χ0) is 29.6. The normalized spacial score (nSPS) is 31.8. The number of likely N-dealkylation sites (N-methyl/N-ethyl adjacent to an activating group) is 1. The van der Waals surface area contributed by atoms with Crippen LogP contribution < -0.4 is 0 Å². The molecule has 0 saturated carbocycles. The molecule has 3 heterocycles. The van der Waals surface area contributed by atoms with Crippen LogP contribution in [0.5, 0.6) is 0 Å². The molecule has 39 heavy (non-hydrogen) atoms. The van der Waals surface area contributed by atoms with Crippen molar-refractivity contribution in [2.45, 2.75) is 96.9 Å². The minimum absolute atomic E-state index is 0.00941. The molecule has 0 aromatic heterocycles. The van der Waals surface area contributed by atoms with Crippen molar-refractivity contribution in [3.8, 4) is 0 Å². The highest BCUT2D eigenvalue weighted by Crippen LogP contribution is 2.65. The Morgan fingerprint density at radius 2 is 1.74 bits per heavy atom. The number of aliphatic hydroxyl groups is 1. The van der Waals surface area contributed by atoms with Crippen LogP contribution in [0.25, 0.3) is 0 Å². The molecule has 3 unspecified atom stereocenters. The van der Waals surface area contributed by atoms with Gasteiger partial charge in [0.2, 0.25) is 17.7 Å². The Labute approximate surface area is 235 Å². The minimum Gasteiger partial charge on any atom is -0.396 e. The van der Waals surface area contributed by atoms with Gasteiger partial charge in [0.15, 0.2) is 0 Å². The third kappa shape index (κ3) is 5.31. The van der Waals surface area contributed by atoms with E-state index < -0.39 is 34.6 Å². The Hall–Kier alpha value is -2.19. The van der Waals surface area contributed by atoms with Crippen molar-refractivity contribution in [3.63, 3.8) is 0 Å². The Kier molecular flexibility index (Phi) is 8.84. The van der Waals surface area contributed by atoms with Gasteiger partial charge in [-0.1, -0.05) is 39.8 Å². The lowest BCUT2D eigenvalue weighted by atomic mass is 9.62. The summed E-state index contributed by atoms with van der Waals surface area (Å²) in [5, 5.41) is 9.44. The highest BCUT2D eigenvalue weighted by atomic mass is 16.5. The van der Waals surface area contributed by atoms with Crippen LogP contribution in [0.4, 0.5) is 0 Å². The smallest absolute Gasteiger partial charge is 0.249 e. The number of amides is 3. The Morgan fingerprint density at radius 3 is 2.28 bits per heavy atom. The summed E-state index contributed by atoms with van der Waals surface area (Å²) in [6.07, 6.45) is 5.77. The standard InChI is InChI=1S/C31H51N3O5/c1-11-15-32(10)25(36)22-23-26(37)33(17-13-14-18-35)24(31(23)19-21(3)30(22,9)39-31)27(38)34(16-12-2)29(7,8)20-28(4,5)6/h11-12,21-24,35H,1-2,13-20H2,3-10H3/t21?,22-,23-,24?,30+,31?/m0/s1. The maximum Gasteiger partial charge on any atom is 0.249 e. The number of nitrogens with zero attached hydrogens (tertiary/aromatic N) is 3. The quantitative estimate of drug-likeness (QED) is 0.299. The number of carbonyl (C=O) groups excluding carboxylic acids is 3. The number of hydrogen-bond donors (Lipinski definition) is 1. The summed E-state index contributed by atoms with van der Waals surface area (Å²) in [6.45, 7) is 23.3. The molecule has 0 radical (unpaired) electrons. The fourth-order valence-corrected chi connectivity index (χ4v) is 7.85. The highest BCUT2D eigenvalue weighted by molar-refractivity contribution is 5.99. The fourth-order valence-electron chi connectivity index (χ4n) is 7.85. The van der Waals surface area contributed by atoms with Crippen LogP contribution in [-0.4, -0.2) is 93.6 Å². The molecule has 8 nitrogen and oxygen atoms in total. The molecule has 1 spiro atoms. The van der Waals surface area contributed by atoms with E-state index in [4.69, 9.17) is 4.74 Å². The molecular weight excluding hydrogens is 494 g/mol. The van der Waals surface area contributed by atoms with Crippen molar-refractivity contribution >= 4 is 17.7 Å². The molecule has 0 aromatic carbocycles. The van der Waals surface area contributed by atoms with Crippen molar-refractivity contribution in [2.24, 2.45) is 23.2 Å². The van der Waals surface area contributed by atoms with Crippen molar-refractivity contribution in [3.05, 3.63) is 25.3 Å². The summed E-state index contributed by atoms with van der Waals surface area (Å²) in [4.78, 5) is 48.0. The molecule has 0 aromatic rings. The van der Waals surface area contributed by atoms with Crippen LogP contribution in [0.2, 0.25) is 0 Å². The molecule has 8 heteroatoms. The third-order valence-corrected chi connectivity index (χ3v) is 9.17. The van der Waals surface area contributed by atoms with E-state index in [1.807, 2.05) is 11.8 Å². The maximum absolute atomic E-state index is 14.8. The van der Waals surface area contributed by atoms with Gasteiger partial charge in [-0.15, -0.1) is 13.2 Å². The second-order valence-electron chi connectivity index (χ2n) is 14.0. The predicted molar refractivity (Wildman–Crippen MR) is 153 cm³/mol. The molecule has 3 saturated heterocycles. The van der Waals surface area contributed by atoms with Gasteiger partial charge in [-0.3, -0.25) is 14.4 Å². The summed E-state index contributed by atoms with van der Waals surface area (Å²) in [5.74, 6) is -1.95. The predicted octanol–water partition coefficient (Wildman–Crippen LogP) is 3.64. The number of unbranched alkanes of at least 4 members (excludes halogenated alkanes) is 1. The van der Waals surface area contributed by atoms with Gasteiger partial charge in [0.25, 0.3) is 0 Å². The van der Waals surface area contributed by atoms with E-state index in [2.05, 4.69) is 54.7 Å². The monoisotopic (exact) mass is 545 g/mol. The van der Waals surface area contributed by atoms with E-state index >= 15 is 0 Å². The molecule has 3 aliphatic heterocycles. The van der Waals surface area contributed by atoms with E-state index in [0.717, 1.165) is 6.42 Å². The lowest BCUT2D eigenvalue weighted by Gasteiger charge is -2.45. The average molecular weight is 546 g/mol. The van der Waals surface area contributed by atoms with Crippen molar-refractivity contribution in [1.82, 2.24) is 14.7 Å². The lowest BCUT2D eigenvalue weighted by molar-refractivity contribution is -0.157. The van der Waals surface area contributed by atoms with Crippen LogP contribution in [0.3, 0.4) is 0 Å². The van der Waals surface area contributed by atoms with Gasteiger partial charge in [-0.25, -0.2) is 0 Å². The first kappa shape index (κ1) is 31.3. The van der Waals surface area contributed by atoms with Crippen LogP contribution in [0.15, 0.2) is 25.3 Å². The molecule has 0 aliphatic carbocycles. The number of fused-ring (bicyclic) bond motifs is 1. The first-order valence-electron chi connectivity index (χ1n) is 14.4. The lowest BCUT2D eigenvalue weighted by Crippen LogP contribution is -2.61. The van der Waals surface area contributed by atoms with Gasteiger partial charge >= 0.3 is 0 Å². The topological polar surface area (TPSA) is 90.4 Å². The van der Waals surface area contributed by atoms with E-state index in [1.54, 1.807) is 29.0 Å². The minimum atomic E-state index is -1.09. The molecule has 1 N–H and O–H groups in total. The summed E-state index contributed by atoms with van der Waals surface area (Å²) in [5.41, 5.74) is -2.49. The molecule has 6 atom stereocenters. The van der Waals surface area contributed by atoms with Gasteiger partial charge in [0, 0.05) is 38.8 Å². The molecule has 2 bridgehead atoms. The van der Waals surface area contributed by atoms with Gasteiger partial charge in [0.1, 0.15) is 11.6 Å². The maximum atomic E-state index is 14.8. The van der Waals surface area contributed by atoms with Crippen molar-refractivity contribution in [2.75, 3.05) is 33.3 Å². The first-order chi connectivity index (χ1) is 18.0. The van der Waals surface area contributed by atoms with E-state index in [-0.39, 0.29) is 35.7 Å². The fraction of sp³-hybridized carbons (Fsp3) is 0.774. The van der Waals surface area contributed by atoms with Gasteiger partial charge in [-0.05, 0) is 57.8 Å². The second kappa shape index (κ2) is 11.0. The van der Waals surface area contributed by atoms with Crippen molar-refractivity contribution < 1.29 is 24.2 Å². The SMILES string of the molecule is C=CCN(C)C(=O)[C@@H]1[C@H]2C(=O)N(CCCCO)C(C(=O)N(CC=C)C(C)(C)CC(C)(C)C)C23CC(C)[C@@]1(C)O3. The summed E-state index contributed by atoms with van der Waals surface area (Å²) in [6, 6.07) is -0.848. The molecule has 3 aliphatic rings. The number of ether oxygens (including phenoxy) is 1. The Balaban J connectivity index is 2.14.